The van der Waals surface area contributed by atoms with Crippen LogP contribution >= 0.6 is 0 Å². The second-order valence-electron chi connectivity index (χ2n) is 4.41. The van der Waals surface area contributed by atoms with Gasteiger partial charge in [0.25, 0.3) is 0 Å². The first-order valence-corrected chi connectivity index (χ1v) is 5.48. The number of pyridine rings is 1. The van der Waals surface area contributed by atoms with Crippen LogP contribution in [0.25, 0.3) is 0 Å². The van der Waals surface area contributed by atoms with Gasteiger partial charge in [-0.3, -0.25) is 9.78 Å². The van der Waals surface area contributed by atoms with E-state index in [0.29, 0.717) is 18.0 Å². The van der Waals surface area contributed by atoms with Crippen molar-refractivity contribution in [1.29, 1.82) is 0 Å². The van der Waals surface area contributed by atoms with Crippen molar-refractivity contribution >= 4 is 11.6 Å². The Morgan fingerprint density at radius 1 is 1.50 bits per heavy atom. The van der Waals surface area contributed by atoms with Crippen LogP contribution < -0.4 is 11.1 Å². The third kappa shape index (κ3) is 3.98. The highest BCUT2D eigenvalue weighted by molar-refractivity contribution is 5.94. The number of nitrogens with zero attached hydrogens (tertiary/aromatic N) is 1. The van der Waals surface area contributed by atoms with Crippen LogP contribution in [0.5, 0.6) is 0 Å². The molecule has 0 bridgehead atoms. The number of anilines is 1. The van der Waals surface area contributed by atoms with Crippen LogP contribution in [0.2, 0.25) is 0 Å². The summed E-state index contributed by atoms with van der Waals surface area (Å²) in [5.74, 6) is 0.260. The second-order valence-corrected chi connectivity index (χ2v) is 4.41. The van der Waals surface area contributed by atoms with Gasteiger partial charge in [-0.25, -0.2) is 0 Å². The minimum absolute atomic E-state index is 0.153. The zero-order chi connectivity index (χ0) is 12.1. The summed E-state index contributed by atoms with van der Waals surface area (Å²) in [5, 5.41) is 2.75. The SMILES string of the molecule is Cc1ccc(NC(=O)[C@@H](N)CC(C)C)cn1. The highest BCUT2D eigenvalue weighted by Crippen LogP contribution is 2.08. The lowest BCUT2D eigenvalue weighted by molar-refractivity contribution is -0.117. The summed E-state index contributed by atoms with van der Waals surface area (Å²) in [6.45, 7) is 5.98. The molecule has 0 aliphatic rings. The van der Waals surface area contributed by atoms with Crippen molar-refractivity contribution < 1.29 is 4.79 Å². The van der Waals surface area contributed by atoms with Gasteiger partial charge in [-0.1, -0.05) is 13.8 Å². The molecule has 0 spiro atoms. The Kier molecular flexibility index (Phi) is 4.43. The Balaban J connectivity index is 2.54. The fourth-order valence-electron chi connectivity index (χ4n) is 1.39. The molecular weight excluding hydrogens is 202 g/mol. The number of rotatable bonds is 4. The minimum atomic E-state index is -0.457. The lowest BCUT2D eigenvalue weighted by Crippen LogP contribution is -2.36. The third-order valence-electron chi connectivity index (χ3n) is 2.24. The highest BCUT2D eigenvalue weighted by Gasteiger charge is 2.14. The normalized spacial score (nSPS) is 12.6. The summed E-state index contributed by atoms with van der Waals surface area (Å²) < 4.78 is 0. The maximum Gasteiger partial charge on any atom is 0.241 e. The Morgan fingerprint density at radius 3 is 2.69 bits per heavy atom. The van der Waals surface area contributed by atoms with Crippen LogP contribution in [0, 0.1) is 12.8 Å². The Morgan fingerprint density at radius 2 is 2.19 bits per heavy atom. The lowest BCUT2D eigenvalue weighted by atomic mass is 10.0. The molecule has 0 radical (unpaired) electrons. The minimum Gasteiger partial charge on any atom is -0.323 e. The summed E-state index contributed by atoms with van der Waals surface area (Å²) in [6, 6.07) is 3.22. The van der Waals surface area contributed by atoms with Crippen molar-refractivity contribution in [1.82, 2.24) is 4.98 Å². The molecule has 4 nitrogen and oxygen atoms in total. The number of nitrogens with one attached hydrogen (secondary N) is 1. The Hall–Kier alpha value is -1.42. The molecule has 3 N–H and O–H groups in total. The Bertz CT molecular complexity index is 346. The molecule has 0 aliphatic heterocycles. The fourth-order valence-corrected chi connectivity index (χ4v) is 1.39. The van der Waals surface area contributed by atoms with Crippen LogP contribution in [0.15, 0.2) is 18.3 Å². The second kappa shape index (κ2) is 5.61. The largest absolute Gasteiger partial charge is 0.323 e. The fraction of sp³-hybridized carbons (Fsp3) is 0.500. The van der Waals surface area contributed by atoms with E-state index in [-0.39, 0.29) is 5.91 Å². The molecule has 0 aromatic carbocycles. The molecule has 1 rings (SSSR count). The predicted octanol–water partition coefficient (Wildman–Crippen LogP) is 1.70. The Labute approximate surface area is 96.3 Å². The molecule has 0 unspecified atom stereocenters. The van der Waals surface area contributed by atoms with Crippen molar-refractivity contribution in [3.63, 3.8) is 0 Å². The van der Waals surface area contributed by atoms with Crippen molar-refractivity contribution in [3.05, 3.63) is 24.0 Å². The zero-order valence-electron chi connectivity index (χ0n) is 10.0. The quantitative estimate of drug-likeness (QED) is 0.813. The van der Waals surface area contributed by atoms with Crippen LogP contribution in [0.4, 0.5) is 5.69 Å². The van der Waals surface area contributed by atoms with Gasteiger partial charge in [0.1, 0.15) is 0 Å². The van der Waals surface area contributed by atoms with E-state index in [9.17, 15) is 4.79 Å². The van der Waals surface area contributed by atoms with Crippen molar-refractivity contribution in [2.75, 3.05) is 5.32 Å². The van der Waals surface area contributed by atoms with Crippen LogP contribution in [0.3, 0.4) is 0 Å². The van der Waals surface area contributed by atoms with Gasteiger partial charge in [0.15, 0.2) is 0 Å². The predicted molar refractivity (Wildman–Crippen MR) is 65.0 cm³/mol. The first-order chi connectivity index (χ1) is 7.49. The van der Waals surface area contributed by atoms with Crippen molar-refractivity contribution in [3.8, 4) is 0 Å². The topological polar surface area (TPSA) is 68.0 Å². The number of hydrogen-bond donors (Lipinski definition) is 2. The number of carbonyl (C=O) groups excluding carboxylic acids is 1. The summed E-state index contributed by atoms with van der Waals surface area (Å²) in [6.07, 6.45) is 2.32. The van der Waals surface area contributed by atoms with Gasteiger partial charge >= 0.3 is 0 Å². The van der Waals surface area contributed by atoms with Gasteiger partial charge in [0.2, 0.25) is 5.91 Å². The van der Waals surface area contributed by atoms with Crippen molar-refractivity contribution in [2.45, 2.75) is 33.2 Å². The van der Waals surface area contributed by atoms with Gasteiger partial charge in [-0.05, 0) is 31.4 Å². The number of amides is 1. The molecule has 16 heavy (non-hydrogen) atoms. The van der Waals surface area contributed by atoms with E-state index in [1.54, 1.807) is 6.20 Å². The number of aryl methyl sites for hydroxylation is 1. The molecule has 1 aromatic rings. The monoisotopic (exact) mass is 221 g/mol. The van der Waals surface area contributed by atoms with Gasteiger partial charge < -0.3 is 11.1 Å². The van der Waals surface area contributed by atoms with Gasteiger partial charge in [0.05, 0.1) is 17.9 Å². The average Bonchev–Trinajstić information content (AvgIpc) is 2.20. The maximum absolute atomic E-state index is 11.7. The van der Waals surface area contributed by atoms with E-state index in [4.69, 9.17) is 5.73 Å². The summed E-state index contributed by atoms with van der Waals surface area (Å²) in [5.41, 5.74) is 7.37. The lowest BCUT2D eigenvalue weighted by Gasteiger charge is -2.13. The molecule has 0 saturated heterocycles. The average molecular weight is 221 g/mol. The van der Waals surface area contributed by atoms with E-state index in [1.165, 1.54) is 0 Å². The summed E-state index contributed by atoms with van der Waals surface area (Å²) in [4.78, 5) is 15.8. The first-order valence-electron chi connectivity index (χ1n) is 5.48. The van der Waals surface area contributed by atoms with E-state index < -0.39 is 6.04 Å². The number of nitrogens with two attached hydrogens (primary N) is 1. The molecule has 1 aromatic heterocycles. The maximum atomic E-state index is 11.7. The van der Waals surface area contributed by atoms with Crippen LogP contribution in [0.1, 0.15) is 26.0 Å². The van der Waals surface area contributed by atoms with E-state index in [2.05, 4.69) is 10.3 Å². The molecule has 88 valence electrons. The third-order valence-corrected chi connectivity index (χ3v) is 2.24. The number of carbonyl (C=O) groups is 1. The van der Waals surface area contributed by atoms with Gasteiger partial charge in [-0.2, -0.15) is 0 Å². The number of hydrogen-bond acceptors (Lipinski definition) is 3. The molecule has 1 heterocycles. The molecule has 1 atom stereocenters. The molecule has 4 heteroatoms. The summed E-state index contributed by atoms with van der Waals surface area (Å²) in [7, 11) is 0. The van der Waals surface area contributed by atoms with Gasteiger partial charge in [0, 0.05) is 5.69 Å². The van der Waals surface area contributed by atoms with E-state index in [0.717, 1.165) is 5.69 Å². The molecule has 0 aliphatic carbocycles. The van der Waals surface area contributed by atoms with E-state index >= 15 is 0 Å². The van der Waals surface area contributed by atoms with Crippen LogP contribution in [-0.4, -0.2) is 16.9 Å². The smallest absolute Gasteiger partial charge is 0.241 e. The van der Waals surface area contributed by atoms with E-state index in [1.807, 2.05) is 32.9 Å². The summed E-state index contributed by atoms with van der Waals surface area (Å²) >= 11 is 0. The molecule has 1 amide bonds. The molecule has 0 fully saturated rings. The van der Waals surface area contributed by atoms with Crippen LogP contribution in [-0.2, 0) is 4.79 Å². The number of aromatic nitrogens is 1. The highest BCUT2D eigenvalue weighted by atomic mass is 16.2. The standard InChI is InChI=1S/C12H19N3O/c1-8(2)6-11(13)12(16)15-10-5-4-9(3)14-7-10/h4-5,7-8,11H,6,13H2,1-3H3,(H,15,16)/t11-/m0/s1. The molecule has 0 saturated carbocycles. The molecular formula is C12H19N3O. The first kappa shape index (κ1) is 12.6. The van der Waals surface area contributed by atoms with Gasteiger partial charge in [-0.15, -0.1) is 0 Å². The van der Waals surface area contributed by atoms with Crippen molar-refractivity contribution in [2.24, 2.45) is 11.7 Å². The zero-order valence-corrected chi connectivity index (χ0v) is 10.0.